The molecule has 0 saturated heterocycles. The van der Waals surface area contributed by atoms with Crippen molar-refractivity contribution in [2.75, 3.05) is 5.75 Å². The predicted octanol–water partition coefficient (Wildman–Crippen LogP) is 2.53. The summed E-state index contributed by atoms with van der Waals surface area (Å²) < 4.78 is 1.07. The second kappa shape index (κ2) is 3.32. The molecule has 5 heteroatoms. The molecule has 1 amide bonds. The average molecular weight is 262 g/mol. The summed E-state index contributed by atoms with van der Waals surface area (Å²) in [7, 11) is 0. The molecule has 0 fully saturated rings. The highest BCUT2D eigenvalue weighted by atomic mass is 79.9. The Morgan fingerprint density at radius 2 is 2.33 bits per heavy atom. The van der Waals surface area contributed by atoms with Crippen LogP contribution in [-0.4, -0.2) is 16.7 Å². The number of aliphatic imine (C=N–C) groups is 1. The minimum absolute atomic E-state index is 0.0282. The van der Waals surface area contributed by atoms with Crippen molar-refractivity contribution in [1.29, 1.82) is 0 Å². The third-order valence-electron chi connectivity index (χ3n) is 1.34. The van der Waals surface area contributed by atoms with E-state index >= 15 is 0 Å². The Hall–Kier alpha value is -0.130. The van der Waals surface area contributed by atoms with Crippen molar-refractivity contribution in [2.24, 2.45) is 4.99 Å². The molecule has 0 bridgehead atoms. The van der Waals surface area contributed by atoms with Gasteiger partial charge in [-0.25, -0.2) is 4.99 Å². The lowest BCUT2D eigenvalue weighted by atomic mass is 10.5. The number of amides is 1. The van der Waals surface area contributed by atoms with Gasteiger partial charge in [-0.15, -0.1) is 11.3 Å². The maximum atomic E-state index is 10.8. The van der Waals surface area contributed by atoms with E-state index in [2.05, 4.69) is 20.9 Å². The molecule has 2 rings (SSSR count). The SMILES string of the molecule is O=C1CSC(c2ccc(Br)s2)=N1. The molecule has 1 aromatic heterocycles. The fraction of sp³-hybridized carbons (Fsp3) is 0.143. The summed E-state index contributed by atoms with van der Waals surface area (Å²) in [5, 5.41) is 0.857. The summed E-state index contributed by atoms with van der Waals surface area (Å²) in [5.74, 6) is 0.463. The number of thiophene rings is 1. The van der Waals surface area contributed by atoms with Crippen LogP contribution in [0.15, 0.2) is 20.9 Å². The van der Waals surface area contributed by atoms with Crippen LogP contribution in [0.25, 0.3) is 0 Å². The van der Waals surface area contributed by atoms with Crippen LogP contribution in [-0.2, 0) is 4.79 Å². The predicted molar refractivity (Wildman–Crippen MR) is 56.0 cm³/mol. The molecule has 0 spiro atoms. The zero-order chi connectivity index (χ0) is 8.55. The van der Waals surface area contributed by atoms with Crippen LogP contribution >= 0.6 is 39.0 Å². The molecule has 0 aromatic carbocycles. The van der Waals surface area contributed by atoms with Gasteiger partial charge in [0, 0.05) is 0 Å². The van der Waals surface area contributed by atoms with Gasteiger partial charge in [0.05, 0.1) is 14.4 Å². The van der Waals surface area contributed by atoms with Gasteiger partial charge >= 0.3 is 0 Å². The smallest absolute Gasteiger partial charge is 0.257 e. The summed E-state index contributed by atoms with van der Waals surface area (Å²) >= 11 is 6.47. The van der Waals surface area contributed by atoms with Gasteiger partial charge in [-0.3, -0.25) is 4.79 Å². The van der Waals surface area contributed by atoms with E-state index in [-0.39, 0.29) is 5.91 Å². The summed E-state index contributed by atoms with van der Waals surface area (Å²) in [5.41, 5.74) is 0. The van der Waals surface area contributed by atoms with E-state index in [1.165, 1.54) is 11.8 Å². The molecule has 62 valence electrons. The summed E-state index contributed by atoms with van der Waals surface area (Å²) in [6.45, 7) is 0. The normalized spacial score (nSPS) is 16.8. The van der Waals surface area contributed by atoms with Gasteiger partial charge in [0.1, 0.15) is 5.04 Å². The first kappa shape index (κ1) is 8.47. The highest BCUT2D eigenvalue weighted by Crippen LogP contribution is 2.28. The molecule has 0 saturated carbocycles. The van der Waals surface area contributed by atoms with Crippen LogP contribution in [0.2, 0.25) is 0 Å². The van der Waals surface area contributed by atoms with Crippen molar-refractivity contribution in [2.45, 2.75) is 0 Å². The molecule has 1 aliphatic rings. The van der Waals surface area contributed by atoms with Gasteiger partial charge in [0.2, 0.25) is 0 Å². The number of hydrogen-bond acceptors (Lipinski definition) is 3. The Labute approximate surface area is 86.2 Å². The van der Waals surface area contributed by atoms with E-state index in [0.717, 1.165) is 13.7 Å². The Kier molecular flexibility index (Phi) is 2.34. The maximum absolute atomic E-state index is 10.8. The number of hydrogen-bond donors (Lipinski definition) is 0. The van der Waals surface area contributed by atoms with Crippen LogP contribution < -0.4 is 0 Å². The Bertz CT molecular complexity index is 358. The van der Waals surface area contributed by atoms with Crippen molar-refractivity contribution in [3.63, 3.8) is 0 Å². The van der Waals surface area contributed by atoms with Gasteiger partial charge in [-0.05, 0) is 28.1 Å². The second-order valence-corrected chi connectivity index (χ2v) is 5.63. The van der Waals surface area contributed by atoms with Crippen LogP contribution in [0, 0.1) is 0 Å². The maximum Gasteiger partial charge on any atom is 0.257 e. The minimum Gasteiger partial charge on any atom is -0.272 e. The van der Waals surface area contributed by atoms with Gasteiger partial charge in [0.25, 0.3) is 5.91 Å². The average Bonchev–Trinajstić information content (AvgIpc) is 2.58. The van der Waals surface area contributed by atoms with Gasteiger partial charge in [-0.2, -0.15) is 0 Å². The number of halogens is 1. The molecule has 1 aliphatic heterocycles. The Balaban J connectivity index is 2.32. The van der Waals surface area contributed by atoms with Crippen LogP contribution in [0.4, 0.5) is 0 Å². The molecule has 2 heterocycles. The molecular weight excluding hydrogens is 258 g/mol. The van der Waals surface area contributed by atoms with E-state index in [1.807, 2.05) is 12.1 Å². The monoisotopic (exact) mass is 261 g/mol. The molecule has 0 atom stereocenters. The van der Waals surface area contributed by atoms with Crippen molar-refractivity contribution < 1.29 is 4.79 Å². The van der Waals surface area contributed by atoms with Gasteiger partial charge in [0.15, 0.2) is 0 Å². The van der Waals surface area contributed by atoms with Crippen LogP contribution in [0.3, 0.4) is 0 Å². The lowest BCUT2D eigenvalue weighted by Crippen LogP contribution is -1.86. The third kappa shape index (κ3) is 1.62. The fourth-order valence-electron chi connectivity index (χ4n) is 0.863. The standard InChI is InChI=1S/C7H4BrNOS2/c8-5-2-1-4(12-5)7-9-6(10)3-11-7/h1-2H,3H2. The fourth-order valence-corrected chi connectivity index (χ4v) is 3.14. The lowest BCUT2D eigenvalue weighted by Gasteiger charge is -1.89. The van der Waals surface area contributed by atoms with Crippen molar-refractivity contribution in [3.8, 4) is 0 Å². The van der Waals surface area contributed by atoms with E-state index in [0.29, 0.717) is 5.75 Å². The zero-order valence-corrected chi connectivity index (χ0v) is 9.13. The summed E-state index contributed by atoms with van der Waals surface area (Å²) in [4.78, 5) is 15.8. The van der Waals surface area contributed by atoms with E-state index in [9.17, 15) is 4.79 Å². The molecule has 12 heavy (non-hydrogen) atoms. The first-order valence-corrected chi connectivity index (χ1v) is 5.85. The first-order valence-electron chi connectivity index (χ1n) is 3.26. The van der Waals surface area contributed by atoms with Crippen molar-refractivity contribution in [3.05, 3.63) is 20.8 Å². The minimum atomic E-state index is -0.0282. The first-order chi connectivity index (χ1) is 5.75. The topological polar surface area (TPSA) is 29.4 Å². The zero-order valence-electron chi connectivity index (χ0n) is 5.91. The van der Waals surface area contributed by atoms with Crippen molar-refractivity contribution >= 4 is 50.0 Å². The summed E-state index contributed by atoms with van der Waals surface area (Å²) in [6, 6.07) is 3.94. The summed E-state index contributed by atoms with van der Waals surface area (Å²) in [6.07, 6.45) is 0. The second-order valence-electron chi connectivity index (χ2n) is 2.20. The number of carbonyl (C=O) groups excluding carboxylic acids is 1. The molecular formula is C7H4BrNOS2. The van der Waals surface area contributed by atoms with Gasteiger partial charge in [-0.1, -0.05) is 11.8 Å². The highest BCUT2D eigenvalue weighted by molar-refractivity contribution is 9.11. The molecule has 1 aromatic rings. The molecule has 0 aliphatic carbocycles. The van der Waals surface area contributed by atoms with Crippen LogP contribution in [0.1, 0.15) is 4.88 Å². The molecule has 0 unspecified atom stereocenters. The third-order valence-corrected chi connectivity index (χ3v) is 4.08. The van der Waals surface area contributed by atoms with E-state index < -0.39 is 0 Å². The number of carbonyl (C=O) groups is 1. The number of nitrogens with zero attached hydrogens (tertiary/aromatic N) is 1. The van der Waals surface area contributed by atoms with E-state index in [4.69, 9.17) is 0 Å². The Morgan fingerprint density at radius 3 is 2.83 bits per heavy atom. The quantitative estimate of drug-likeness (QED) is 0.778. The van der Waals surface area contributed by atoms with Crippen LogP contribution in [0.5, 0.6) is 0 Å². The molecule has 2 nitrogen and oxygen atoms in total. The van der Waals surface area contributed by atoms with E-state index in [1.54, 1.807) is 11.3 Å². The number of rotatable bonds is 1. The molecule has 0 radical (unpaired) electrons. The largest absolute Gasteiger partial charge is 0.272 e. The van der Waals surface area contributed by atoms with Crippen molar-refractivity contribution in [1.82, 2.24) is 0 Å². The highest BCUT2D eigenvalue weighted by Gasteiger charge is 2.17. The lowest BCUT2D eigenvalue weighted by molar-refractivity contribution is -0.115. The Morgan fingerprint density at radius 1 is 1.50 bits per heavy atom. The molecule has 0 N–H and O–H groups in total. The van der Waals surface area contributed by atoms with Gasteiger partial charge < -0.3 is 0 Å². The number of thioether (sulfide) groups is 1.